The Bertz CT molecular complexity index is 458. The summed E-state index contributed by atoms with van der Waals surface area (Å²) < 4.78 is 0. The number of hydrogen-bond donors (Lipinski definition) is 1. The maximum atomic E-state index is 5.84. The van der Waals surface area contributed by atoms with Gasteiger partial charge in [0.15, 0.2) is 5.82 Å². The van der Waals surface area contributed by atoms with Gasteiger partial charge >= 0.3 is 0 Å². The van der Waals surface area contributed by atoms with E-state index in [9.17, 15) is 0 Å². The zero-order valence-corrected chi connectivity index (χ0v) is 8.20. The Morgan fingerprint density at radius 2 is 2.07 bits per heavy atom. The average molecular weight is 209 g/mol. The molecule has 2 rings (SSSR count). The summed E-state index contributed by atoms with van der Waals surface area (Å²) in [5.74, 6) is 0.655. The molecule has 0 saturated carbocycles. The van der Waals surface area contributed by atoms with E-state index in [4.69, 9.17) is 17.3 Å². The molecular formula is C9H9ClN4. The van der Waals surface area contributed by atoms with Crippen molar-refractivity contribution < 1.29 is 0 Å². The molecular weight excluding hydrogens is 200 g/mol. The molecule has 14 heavy (non-hydrogen) atoms. The third-order valence-electron chi connectivity index (χ3n) is 1.83. The zero-order chi connectivity index (χ0) is 9.97. The van der Waals surface area contributed by atoms with Gasteiger partial charge in [-0.25, -0.2) is 4.98 Å². The third kappa shape index (κ3) is 1.81. The summed E-state index contributed by atoms with van der Waals surface area (Å²) in [4.78, 5) is 4.29. The van der Waals surface area contributed by atoms with Crippen LogP contribution in [0, 0.1) is 0 Å². The van der Waals surface area contributed by atoms with Gasteiger partial charge in [-0.1, -0.05) is 11.6 Å². The van der Waals surface area contributed by atoms with Crippen LogP contribution in [0.5, 0.6) is 0 Å². The van der Waals surface area contributed by atoms with E-state index in [-0.39, 0.29) is 0 Å². The van der Waals surface area contributed by atoms with Crippen LogP contribution in [0.4, 0.5) is 0 Å². The molecule has 1 heterocycles. The van der Waals surface area contributed by atoms with Crippen LogP contribution in [0.15, 0.2) is 18.2 Å². The SMILES string of the molecule is NCCc1nnc2ccc(Cl)cc2n1. The molecule has 0 bridgehead atoms. The zero-order valence-electron chi connectivity index (χ0n) is 7.44. The van der Waals surface area contributed by atoms with Crippen LogP contribution in [0.1, 0.15) is 5.82 Å². The van der Waals surface area contributed by atoms with Crippen molar-refractivity contribution in [1.29, 1.82) is 0 Å². The second-order valence-electron chi connectivity index (χ2n) is 2.90. The number of hydrogen-bond acceptors (Lipinski definition) is 4. The first-order valence-electron chi connectivity index (χ1n) is 4.28. The van der Waals surface area contributed by atoms with Crippen LogP contribution in [-0.4, -0.2) is 21.7 Å². The molecule has 0 radical (unpaired) electrons. The second-order valence-corrected chi connectivity index (χ2v) is 3.34. The van der Waals surface area contributed by atoms with E-state index in [1.54, 1.807) is 18.2 Å². The predicted octanol–water partition coefficient (Wildman–Crippen LogP) is 1.18. The van der Waals surface area contributed by atoms with Crippen LogP contribution in [-0.2, 0) is 6.42 Å². The number of fused-ring (bicyclic) bond motifs is 1. The predicted molar refractivity (Wildman–Crippen MR) is 55.1 cm³/mol. The molecule has 1 aromatic heterocycles. The average Bonchev–Trinajstić information content (AvgIpc) is 2.17. The summed E-state index contributed by atoms with van der Waals surface area (Å²) in [6, 6.07) is 5.33. The van der Waals surface area contributed by atoms with Crippen LogP contribution >= 0.6 is 11.6 Å². The lowest BCUT2D eigenvalue weighted by Gasteiger charge is -1.99. The first kappa shape index (κ1) is 9.30. The number of benzene rings is 1. The standard InChI is InChI=1S/C9H9ClN4/c10-6-1-2-7-8(5-6)12-9(3-4-11)14-13-7/h1-2,5H,3-4,11H2. The molecule has 1 aromatic carbocycles. The van der Waals surface area contributed by atoms with E-state index < -0.39 is 0 Å². The second kappa shape index (κ2) is 3.86. The quantitative estimate of drug-likeness (QED) is 0.805. The Labute approximate surface area is 86.1 Å². The van der Waals surface area contributed by atoms with E-state index in [1.165, 1.54) is 0 Å². The van der Waals surface area contributed by atoms with Crippen molar-refractivity contribution >= 4 is 22.6 Å². The molecule has 0 aliphatic rings. The van der Waals surface area contributed by atoms with Crippen molar-refractivity contribution in [1.82, 2.24) is 15.2 Å². The van der Waals surface area contributed by atoms with Crippen LogP contribution < -0.4 is 5.73 Å². The lowest BCUT2D eigenvalue weighted by molar-refractivity contribution is 0.832. The van der Waals surface area contributed by atoms with Crippen molar-refractivity contribution in [3.8, 4) is 0 Å². The van der Waals surface area contributed by atoms with Crippen molar-refractivity contribution in [3.63, 3.8) is 0 Å². The lowest BCUT2D eigenvalue weighted by Crippen LogP contribution is -2.07. The fourth-order valence-electron chi connectivity index (χ4n) is 1.18. The normalized spacial score (nSPS) is 10.7. The molecule has 0 aliphatic carbocycles. The van der Waals surface area contributed by atoms with E-state index in [1.807, 2.05) is 0 Å². The van der Waals surface area contributed by atoms with Gasteiger partial charge in [-0.3, -0.25) is 0 Å². The maximum absolute atomic E-state index is 5.84. The van der Waals surface area contributed by atoms with Crippen molar-refractivity contribution in [3.05, 3.63) is 29.0 Å². The minimum atomic E-state index is 0.522. The van der Waals surface area contributed by atoms with Gasteiger partial charge in [0.05, 0.1) is 5.52 Å². The number of halogens is 1. The first-order chi connectivity index (χ1) is 6.79. The Balaban J connectivity index is 2.52. The molecule has 4 nitrogen and oxygen atoms in total. The summed E-state index contributed by atoms with van der Waals surface area (Å²) in [5.41, 5.74) is 6.91. The Morgan fingerprint density at radius 3 is 2.86 bits per heavy atom. The van der Waals surface area contributed by atoms with E-state index >= 15 is 0 Å². The van der Waals surface area contributed by atoms with Crippen molar-refractivity contribution in [2.45, 2.75) is 6.42 Å². The first-order valence-corrected chi connectivity index (χ1v) is 4.66. The lowest BCUT2D eigenvalue weighted by atomic mass is 10.3. The molecule has 0 amide bonds. The van der Waals surface area contributed by atoms with Crippen molar-refractivity contribution in [2.24, 2.45) is 5.73 Å². The fourth-order valence-corrected chi connectivity index (χ4v) is 1.35. The van der Waals surface area contributed by atoms with Gasteiger partial charge in [0, 0.05) is 11.4 Å². The topological polar surface area (TPSA) is 64.7 Å². The van der Waals surface area contributed by atoms with E-state index in [0.29, 0.717) is 23.8 Å². The van der Waals surface area contributed by atoms with Gasteiger partial charge in [0.25, 0.3) is 0 Å². The molecule has 0 fully saturated rings. The highest BCUT2D eigenvalue weighted by atomic mass is 35.5. The van der Waals surface area contributed by atoms with Crippen LogP contribution in [0.25, 0.3) is 11.0 Å². The maximum Gasteiger partial charge on any atom is 0.152 e. The Hall–Kier alpha value is -1.26. The highest BCUT2D eigenvalue weighted by Gasteiger charge is 2.01. The van der Waals surface area contributed by atoms with Gasteiger partial charge < -0.3 is 5.73 Å². The summed E-state index contributed by atoms with van der Waals surface area (Å²) in [7, 11) is 0. The van der Waals surface area contributed by atoms with Crippen LogP contribution in [0.2, 0.25) is 5.02 Å². The number of nitrogens with zero attached hydrogens (tertiary/aromatic N) is 3. The number of aromatic nitrogens is 3. The van der Waals surface area contributed by atoms with Gasteiger partial charge in [-0.05, 0) is 24.7 Å². The van der Waals surface area contributed by atoms with Gasteiger partial charge in [0.1, 0.15) is 5.52 Å². The summed E-state index contributed by atoms with van der Waals surface area (Å²) >= 11 is 5.84. The molecule has 0 spiro atoms. The smallest absolute Gasteiger partial charge is 0.152 e. The third-order valence-corrected chi connectivity index (χ3v) is 2.06. The highest BCUT2D eigenvalue weighted by molar-refractivity contribution is 6.31. The molecule has 0 unspecified atom stereocenters. The molecule has 0 saturated heterocycles. The largest absolute Gasteiger partial charge is 0.330 e. The van der Waals surface area contributed by atoms with Crippen molar-refractivity contribution in [2.75, 3.05) is 6.54 Å². The number of nitrogens with two attached hydrogens (primary N) is 1. The van der Waals surface area contributed by atoms with Gasteiger partial charge in [-0.2, -0.15) is 0 Å². The van der Waals surface area contributed by atoms with Crippen LogP contribution in [0.3, 0.4) is 0 Å². The molecule has 2 aromatic rings. The minimum absolute atomic E-state index is 0.522. The summed E-state index contributed by atoms with van der Waals surface area (Å²) in [5, 5.41) is 8.61. The van der Waals surface area contributed by atoms with Gasteiger partial charge in [0.2, 0.25) is 0 Å². The molecule has 2 N–H and O–H groups in total. The minimum Gasteiger partial charge on any atom is -0.330 e. The van der Waals surface area contributed by atoms with Gasteiger partial charge in [-0.15, -0.1) is 10.2 Å². The number of rotatable bonds is 2. The Kier molecular flexibility index (Phi) is 2.56. The molecule has 72 valence electrons. The fraction of sp³-hybridized carbons (Fsp3) is 0.222. The van der Waals surface area contributed by atoms with E-state index in [2.05, 4.69) is 15.2 Å². The molecule has 5 heteroatoms. The molecule has 0 atom stereocenters. The Morgan fingerprint density at radius 1 is 1.21 bits per heavy atom. The summed E-state index contributed by atoms with van der Waals surface area (Å²) in [6.07, 6.45) is 0.634. The monoisotopic (exact) mass is 208 g/mol. The highest BCUT2D eigenvalue weighted by Crippen LogP contribution is 2.14. The summed E-state index contributed by atoms with van der Waals surface area (Å²) in [6.45, 7) is 0.522. The molecule has 0 aliphatic heterocycles. The van der Waals surface area contributed by atoms with E-state index in [0.717, 1.165) is 11.0 Å².